The molecule has 0 fully saturated rings. The zero-order chi connectivity index (χ0) is 15.6. The molecule has 0 saturated carbocycles. The Hall–Kier alpha value is -2.63. The minimum Gasteiger partial charge on any atom is -0.396 e. The van der Waals surface area contributed by atoms with Crippen LogP contribution in [0.4, 0.5) is 23.0 Å². The van der Waals surface area contributed by atoms with Crippen LogP contribution in [-0.2, 0) is 5.41 Å². The minimum atomic E-state index is 0.0308. The average Bonchev–Trinajstić information content (AvgIpc) is 2.41. The molecule has 6 N–H and O–H groups in total. The van der Waals surface area contributed by atoms with Gasteiger partial charge in [-0.05, 0) is 23.1 Å². The molecule has 2 aromatic heterocycles. The maximum Gasteiger partial charge on any atom is 0.151 e. The SMILES string of the molecule is CC(C)(C)c1cncc(C=Nc2cc(N)c(N)nc2N)c1. The van der Waals surface area contributed by atoms with E-state index < -0.39 is 0 Å². The highest BCUT2D eigenvalue weighted by atomic mass is 15.0. The lowest BCUT2D eigenvalue weighted by Crippen LogP contribution is -2.11. The summed E-state index contributed by atoms with van der Waals surface area (Å²) in [6, 6.07) is 3.65. The van der Waals surface area contributed by atoms with Gasteiger partial charge >= 0.3 is 0 Å². The lowest BCUT2D eigenvalue weighted by molar-refractivity contribution is 0.587. The van der Waals surface area contributed by atoms with Gasteiger partial charge in [0.05, 0.1) is 5.69 Å². The van der Waals surface area contributed by atoms with Gasteiger partial charge < -0.3 is 17.2 Å². The van der Waals surface area contributed by atoms with E-state index in [4.69, 9.17) is 17.2 Å². The van der Waals surface area contributed by atoms with Crippen LogP contribution < -0.4 is 17.2 Å². The maximum absolute atomic E-state index is 5.78. The van der Waals surface area contributed by atoms with Crippen molar-refractivity contribution in [3.8, 4) is 0 Å². The molecule has 2 rings (SSSR count). The third kappa shape index (κ3) is 3.47. The van der Waals surface area contributed by atoms with Gasteiger partial charge in [-0.3, -0.25) is 9.98 Å². The first-order valence-electron chi connectivity index (χ1n) is 6.58. The highest BCUT2D eigenvalue weighted by molar-refractivity contribution is 5.84. The molecule has 6 nitrogen and oxygen atoms in total. The van der Waals surface area contributed by atoms with E-state index in [0.29, 0.717) is 11.4 Å². The first kappa shape index (κ1) is 14.8. The summed E-state index contributed by atoms with van der Waals surface area (Å²) in [6.07, 6.45) is 5.28. The van der Waals surface area contributed by atoms with Gasteiger partial charge in [-0.25, -0.2) is 4.98 Å². The first-order valence-corrected chi connectivity index (χ1v) is 6.58. The van der Waals surface area contributed by atoms with Gasteiger partial charge in [-0.15, -0.1) is 0 Å². The summed E-state index contributed by atoms with van der Waals surface area (Å²) in [7, 11) is 0. The van der Waals surface area contributed by atoms with Crippen LogP contribution in [-0.4, -0.2) is 16.2 Å². The lowest BCUT2D eigenvalue weighted by atomic mass is 9.88. The molecule has 0 atom stereocenters. The van der Waals surface area contributed by atoms with Crippen molar-refractivity contribution in [1.82, 2.24) is 9.97 Å². The van der Waals surface area contributed by atoms with E-state index in [1.807, 2.05) is 12.3 Å². The van der Waals surface area contributed by atoms with Gasteiger partial charge in [0.1, 0.15) is 11.5 Å². The van der Waals surface area contributed by atoms with Crippen LogP contribution in [0.25, 0.3) is 0 Å². The number of rotatable bonds is 2. The number of anilines is 3. The van der Waals surface area contributed by atoms with E-state index in [0.717, 1.165) is 11.1 Å². The third-order valence-corrected chi connectivity index (χ3v) is 3.07. The highest BCUT2D eigenvalue weighted by Gasteiger charge is 2.13. The monoisotopic (exact) mass is 284 g/mol. The van der Waals surface area contributed by atoms with E-state index in [1.165, 1.54) is 0 Å². The molecule has 0 unspecified atom stereocenters. The molecule has 2 aromatic rings. The van der Waals surface area contributed by atoms with Crippen LogP contribution in [0, 0.1) is 0 Å². The molecule has 0 radical (unpaired) electrons. The van der Waals surface area contributed by atoms with Crippen LogP contribution in [0.15, 0.2) is 29.5 Å². The smallest absolute Gasteiger partial charge is 0.151 e. The van der Waals surface area contributed by atoms with E-state index >= 15 is 0 Å². The fourth-order valence-corrected chi connectivity index (χ4v) is 1.73. The molecule has 0 aliphatic heterocycles. The molecule has 0 amide bonds. The zero-order valence-electron chi connectivity index (χ0n) is 12.5. The number of pyridine rings is 2. The summed E-state index contributed by atoms with van der Waals surface area (Å²) in [4.78, 5) is 12.5. The number of aliphatic imine (C=N–C) groups is 1. The Morgan fingerprint density at radius 1 is 1.05 bits per heavy atom. The van der Waals surface area contributed by atoms with E-state index in [2.05, 4.69) is 35.7 Å². The molecule has 0 saturated heterocycles. The molecule has 0 aliphatic carbocycles. The summed E-state index contributed by atoms with van der Waals surface area (Å²) < 4.78 is 0. The molecule has 0 aromatic carbocycles. The van der Waals surface area contributed by atoms with Crippen LogP contribution in [0.5, 0.6) is 0 Å². The molecule has 0 bridgehead atoms. The molecule has 0 aliphatic rings. The number of aromatic nitrogens is 2. The molecular formula is C15H20N6. The Morgan fingerprint density at radius 3 is 2.43 bits per heavy atom. The summed E-state index contributed by atoms with van der Waals surface area (Å²) in [5, 5.41) is 0. The van der Waals surface area contributed by atoms with Gasteiger partial charge in [-0.2, -0.15) is 0 Å². The Labute approximate surface area is 124 Å². The quantitative estimate of drug-likeness (QED) is 0.731. The van der Waals surface area contributed by atoms with Crippen molar-refractivity contribution in [3.05, 3.63) is 35.7 Å². The second kappa shape index (κ2) is 5.40. The van der Waals surface area contributed by atoms with Gasteiger partial charge in [0, 0.05) is 24.2 Å². The maximum atomic E-state index is 5.78. The Balaban J connectivity index is 2.32. The second-order valence-corrected chi connectivity index (χ2v) is 5.88. The van der Waals surface area contributed by atoms with Crippen molar-refractivity contribution < 1.29 is 0 Å². The normalized spacial score (nSPS) is 12.0. The molecule has 6 heteroatoms. The number of hydrogen-bond donors (Lipinski definition) is 3. The Morgan fingerprint density at radius 2 is 1.76 bits per heavy atom. The highest BCUT2D eigenvalue weighted by Crippen LogP contribution is 2.26. The summed E-state index contributed by atoms with van der Waals surface area (Å²) in [5.41, 5.74) is 20.0. The van der Waals surface area contributed by atoms with Crippen molar-refractivity contribution in [2.75, 3.05) is 17.2 Å². The number of nitrogens with zero attached hydrogens (tertiary/aromatic N) is 3. The van der Waals surface area contributed by atoms with Gasteiger partial charge in [0.2, 0.25) is 0 Å². The second-order valence-electron chi connectivity index (χ2n) is 5.88. The lowest BCUT2D eigenvalue weighted by Gasteiger charge is -2.18. The van der Waals surface area contributed by atoms with E-state index in [9.17, 15) is 0 Å². The summed E-state index contributed by atoms with van der Waals surface area (Å²) >= 11 is 0. The van der Waals surface area contributed by atoms with Gasteiger partial charge in [0.15, 0.2) is 5.82 Å². The number of nitrogen functional groups attached to an aromatic ring is 3. The van der Waals surface area contributed by atoms with Crippen molar-refractivity contribution in [2.24, 2.45) is 4.99 Å². The zero-order valence-corrected chi connectivity index (χ0v) is 12.5. The number of nitrogens with two attached hydrogens (primary N) is 3. The molecule has 110 valence electrons. The van der Waals surface area contributed by atoms with Crippen LogP contribution in [0.1, 0.15) is 31.9 Å². The fraction of sp³-hybridized carbons (Fsp3) is 0.267. The first-order chi connectivity index (χ1) is 9.77. The van der Waals surface area contributed by atoms with Crippen molar-refractivity contribution >= 4 is 29.2 Å². The van der Waals surface area contributed by atoms with Gasteiger partial charge in [-0.1, -0.05) is 20.8 Å². The molecule has 0 spiro atoms. The Bertz CT molecular complexity index is 685. The average molecular weight is 284 g/mol. The third-order valence-electron chi connectivity index (χ3n) is 3.07. The molecular weight excluding hydrogens is 264 g/mol. The minimum absolute atomic E-state index is 0.0308. The Kier molecular flexibility index (Phi) is 3.80. The van der Waals surface area contributed by atoms with Gasteiger partial charge in [0.25, 0.3) is 0 Å². The molecule has 2 heterocycles. The molecule has 21 heavy (non-hydrogen) atoms. The topological polar surface area (TPSA) is 116 Å². The fourth-order valence-electron chi connectivity index (χ4n) is 1.73. The van der Waals surface area contributed by atoms with Crippen molar-refractivity contribution in [2.45, 2.75) is 26.2 Å². The van der Waals surface area contributed by atoms with Crippen molar-refractivity contribution in [1.29, 1.82) is 0 Å². The van der Waals surface area contributed by atoms with E-state index in [-0.39, 0.29) is 17.1 Å². The standard InChI is InChI=1S/C15H20N6/c1-15(2,3)10-4-9(6-19-8-10)7-20-12-5-11(16)13(17)21-14(12)18/h4-8H,16H2,1-3H3,(H4,17,18,21). The van der Waals surface area contributed by atoms with Crippen molar-refractivity contribution in [3.63, 3.8) is 0 Å². The van der Waals surface area contributed by atoms with Crippen LogP contribution in [0.3, 0.4) is 0 Å². The van der Waals surface area contributed by atoms with Crippen LogP contribution >= 0.6 is 0 Å². The summed E-state index contributed by atoms with van der Waals surface area (Å²) in [5.74, 6) is 0.459. The number of hydrogen-bond acceptors (Lipinski definition) is 6. The van der Waals surface area contributed by atoms with Crippen LogP contribution in [0.2, 0.25) is 0 Å². The van der Waals surface area contributed by atoms with E-state index in [1.54, 1.807) is 18.5 Å². The predicted octanol–water partition coefficient (Wildman–Crippen LogP) is 2.27. The largest absolute Gasteiger partial charge is 0.396 e. The predicted molar refractivity (Wildman–Crippen MR) is 87.7 cm³/mol. The summed E-state index contributed by atoms with van der Waals surface area (Å²) in [6.45, 7) is 6.40.